The van der Waals surface area contributed by atoms with Crippen LogP contribution < -0.4 is 10.6 Å². The van der Waals surface area contributed by atoms with Crippen molar-refractivity contribution in [3.8, 4) is 0 Å². The fourth-order valence-electron chi connectivity index (χ4n) is 4.34. The predicted molar refractivity (Wildman–Crippen MR) is 132 cm³/mol. The number of aliphatic hydroxyl groups excluding tert-OH is 1. The van der Waals surface area contributed by atoms with Crippen molar-refractivity contribution in [1.29, 1.82) is 0 Å². The molecule has 1 saturated carbocycles. The first-order chi connectivity index (χ1) is 13.7. The van der Waals surface area contributed by atoms with Gasteiger partial charge in [0.1, 0.15) is 0 Å². The van der Waals surface area contributed by atoms with Crippen LogP contribution in [-0.2, 0) is 0 Å². The lowest BCUT2D eigenvalue weighted by Gasteiger charge is -2.39. The van der Waals surface area contributed by atoms with E-state index in [4.69, 9.17) is 11.6 Å². The number of nitrogens with one attached hydrogen (secondary N) is 2. The van der Waals surface area contributed by atoms with Gasteiger partial charge in [0.05, 0.1) is 12.6 Å². The van der Waals surface area contributed by atoms with E-state index in [-0.39, 0.29) is 24.0 Å². The van der Waals surface area contributed by atoms with Crippen LogP contribution in [0.25, 0.3) is 0 Å². The molecule has 1 aliphatic carbocycles. The van der Waals surface area contributed by atoms with Crippen LogP contribution in [0.15, 0.2) is 29.3 Å². The first-order valence-electron chi connectivity index (χ1n) is 10.9. The normalized spacial score (nSPS) is 20.7. The van der Waals surface area contributed by atoms with E-state index in [1.54, 1.807) is 12.1 Å². The Bertz CT molecular complexity index is 614. The molecule has 0 bridgehead atoms. The number of hydrogen-bond acceptors (Lipinski definition) is 3. The van der Waals surface area contributed by atoms with Gasteiger partial charge in [-0.15, -0.1) is 24.0 Å². The second-order valence-electron chi connectivity index (χ2n) is 8.03. The maximum atomic E-state index is 10.4. The minimum Gasteiger partial charge on any atom is -0.386 e. The first-order valence-corrected chi connectivity index (χ1v) is 11.3. The second-order valence-corrected chi connectivity index (χ2v) is 8.47. The maximum absolute atomic E-state index is 10.4. The Morgan fingerprint density at radius 1 is 1.14 bits per heavy atom. The molecule has 1 unspecified atom stereocenters. The third kappa shape index (κ3) is 7.89. The quantitative estimate of drug-likeness (QED) is 0.289. The van der Waals surface area contributed by atoms with E-state index in [1.165, 1.54) is 45.2 Å². The summed E-state index contributed by atoms with van der Waals surface area (Å²) < 4.78 is 0. The first kappa shape index (κ1) is 24.7. The number of benzene rings is 1. The number of hydrogen-bond donors (Lipinski definition) is 3. The Labute approximate surface area is 197 Å². The van der Waals surface area contributed by atoms with E-state index in [0.29, 0.717) is 17.6 Å². The molecule has 1 saturated heterocycles. The van der Waals surface area contributed by atoms with Gasteiger partial charge in [0.2, 0.25) is 0 Å². The second kappa shape index (κ2) is 13.0. The summed E-state index contributed by atoms with van der Waals surface area (Å²) in [5.41, 5.74) is 0.838. The number of piperidine rings is 1. The number of guanidine groups is 1. The van der Waals surface area contributed by atoms with Crippen molar-refractivity contribution in [1.82, 2.24) is 15.5 Å². The average molecular weight is 535 g/mol. The van der Waals surface area contributed by atoms with E-state index in [1.807, 2.05) is 12.1 Å². The SMILES string of the molecule is CCNC(=NCC(O)c1ccc(Cl)cc1)NC1CCN(C2CCCCC2)CC1.I. The number of aliphatic imine (C=N–C) groups is 1. The zero-order valence-electron chi connectivity index (χ0n) is 17.4. The van der Waals surface area contributed by atoms with Crippen LogP contribution in [0.1, 0.15) is 63.5 Å². The molecule has 0 aromatic heterocycles. The van der Waals surface area contributed by atoms with E-state index < -0.39 is 6.10 Å². The maximum Gasteiger partial charge on any atom is 0.191 e. The van der Waals surface area contributed by atoms with Gasteiger partial charge in [-0.3, -0.25) is 4.99 Å². The van der Waals surface area contributed by atoms with Crippen LogP contribution >= 0.6 is 35.6 Å². The molecular formula is C22H36ClIN4O. The molecule has 1 atom stereocenters. The van der Waals surface area contributed by atoms with E-state index in [2.05, 4.69) is 27.4 Å². The standard InChI is InChI=1S/C22H35ClN4O.HI/c1-2-24-22(25-16-21(28)17-8-10-18(23)11-9-17)26-19-12-14-27(15-13-19)20-6-4-3-5-7-20;/h8-11,19-21,28H,2-7,12-16H2,1H3,(H2,24,25,26);1H. The minimum atomic E-state index is -0.624. The smallest absolute Gasteiger partial charge is 0.191 e. The van der Waals surface area contributed by atoms with Gasteiger partial charge in [-0.2, -0.15) is 0 Å². The largest absolute Gasteiger partial charge is 0.386 e. The van der Waals surface area contributed by atoms with Crippen LogP contribution in [0.5, 0.6) is 0 Å². The highest BCUT2D eigenvalue weighted by atomic mass is 127. The predicted octanol–water partition coefficient (Wildman–Crippen LogP) is 4.34. The minimum absolute atomic E-state index is 0. The number of nitrogens with zero attached hydrogens (tertiary/aromatic N) is 2. The number of aliphatic hydroxyl groups is 1. The molecule has 7 heteroatoms. The average Bonchev–Trinajstić information content (AvgIpc) is 2.73. The Kier molecular flexibility index (Phi) is 11.0. The van der Waals surface area contributed by atoms with Crippen molar-refractivity contribution >= 4 is 41.5 Å². The molecule has 1 aromatic rings. The molecule has 1 aliphatic heterocycles. The summed E-state index contributed by atoms with van der Waals surface area (Å²) >= 11 is 5.92. The van der Waals surface area contributed by atoms with Crippen molar-refractivity contribution in [2.75, 3.05) is 26.2 Å². The van der Waals surface area contributed by atoms with E-state index in [9.17, 15) is 5.11 Å². The van der Waals surface area contributed by atoms with Crippen molar-refractivity contribution in [2.45, 2.75) is 70.1 Å². The summed E-state index contributed by atoms with van der Waals surface area (Å²) in [5.74, 6) is 0.798. The molecular weight excluding hydrogens is 499 g/mol. The van der Waals surface area contributed by atoms with Crippen LogP contribution in [0, 0.1) is 0 Å². The van der Waals surface area contributed by atoms with Crippen LogP contribution in [0.4, 0.5) is 0 Å². The van der Waals surface area contributed by atoms with Crippen molar-refractivity contribution in [3.05, 3.63) is 34.9 Å². The summed E-state index contributed by atoms with van der Waals surface area (Å²) in [4.78, 5) is 7.31. The van der Waals surface area contributed by atoms with Crippen molar-refractivity contribution < 1.29 is 5.11 Å². The lowest BCUT2D eigenvalue weighted by Crippen LogP contribution is -2.51. The molecule has 3 rings (SSSR count). The molecule has 3 N–H and O–H groups in total. The number of halogens is 2. The molecule has 0 spiro atoms. The molecule has 2 aliphatic rings. The van der Waals surface area contributed by atoms with E-state index in [0.717, 1.165) is 37.0 Å². The zero-order valence-corrected chi connectivity index (χ0v) is 20.5. The summed E-state index contributed by atoms with van der Waals surface area (Å²) in [6.45, 7) is 5.56. The number of rotatable bonds is 6. The third-order valence-corrected chi connectivity index (χ3v) is 6.23. The van der Waals surface area contributed by atoms with Gasteiger partial charge in [-0.1, -0.05) is 43.0 Å². The van der Waals surface area contributed by atoms with Gasteiger partial charge in [-0.25, -0.2) is 0 Å². The molecule has 164 valence electrons. The molecule has 0 radical (unpaired) electrons. The van der Waals surface area contributed by atoms with Gasteiger partial charge in [0.15, 0.2) is 5.96 Å². The van der Waals surface area contributed by atoms with Crippen LogP contribution in [-0.4, -0.2) is 54.2 Å². The van der Waals surface area contributed by atoms with Crippen molar-refractivity contribution in [2.24, 2.45) is 4.99 Å². The molecule has 29 heavy (non-hydrogen) atoms. The molecule has 2 fully saturated rings. The summed E-state index contributed by atoms with van der Waals surface area (Å²) in [6.07, 6.45) is 8.66. The summed E-state index contributed by atoms with van der Waals surface area (Å²) in [7, 11) is 0. The third-order valence-electron chi connectivity index (χ3n) is 5.98. The Morgan fingerprint density at radius 2 is 1.79 bits per heavy atom. The van der Waals surface area contributed by atoms with Gasteiger partial charge < -0.3 is 20.6 Å². The summed E-state index contributed by atoms with van der Waals surface area (Å²) in [5, 5.41) is 18.0. The molecule has 1 heterocycles. The Hall–Kier alpha value is -0.570. The number of likely N-dealkylation sites (tertiary alicyclic amines) is 1. The molecule has 1 aromatic carbocycles. The Balaban J connectivity index is 0.00000300. The fraction of sp³-hybridized carbons (Fsp3) is 0.682. The zero-order chi connectivity index (χ0) is 19.8. The topological polar surface area (TPSA) is 59.9 Å². The Morgan fingerprint density at radius 3 is 2.41 bits per heavy atom. The van der Waals surface area contributed by atoms with Gasteiger partial charge >= 0.3 is 0 Å². The lowest BCUT2D eigenvalue weighted by atomic mass is 9.92. The van der Waals surface area contributed by atoms with Gasteiger partial charge in [0, 0.05) is 36.7 Å². The van der Waals surface area contributed by atoms with Gasteiger partial charge in [-0.05, 0) is 50.3 Å². The highest BCUT2D eigenvalue weighted by Crippen LogP contribution is 2.25. The monoisotopic (exact) mass is 534 g/mol. The summed E-state index contributed by atoms with van der Waals surface area (Å²) in [6, 6.07) is 8.56. The fourth-order valence-corrected chi connectivity index (χ4v) is 4.46. The van der Waals surface area contributed by atoms with Crippen LogP contribution in [0.3, 0.4) is 0 Å². The highest BCUT2D eigenvalue weighted by molar-refractivity contribution is 14.0. The van der Waals surface area contributed by atoms with E-state index >= 15 is 0 Å². The van der Waals surface area contributed by atoms with Crippen LogP contribution in [0.2, 0.25) is 5.02 Å². The lowest BCUT2D eigenvalue weighted by molar-refractivity contribution is 0.119. The highest BCUT2D eigenvalue weighted by Gasteiger charge is 2.26. The van der Waals surface area contributed by atoms with Crippen molar-refractivity contribution in [3.63, 3.8) is 0 Å². The van der Waals surface area contributed by atoms with Gasteiger partial charge in [0.25, 0.3) is 0 Å². The molecule has 5 nitrogen and oxygen atoms in total. The molecule has 0 amide bonds.